The molecule has 3 heterocycles. The maximum atomic E-state index is 14.0. The monoisotopic (exact) mass is 677 g/mol. The average molecular weight is 678 g/mol. The first-order valence-electron chi connectivity index (χ1n) is 15.2. The highest BCUT2D eigenvalue weighted by atomic mass is 35.5. The van der Waals surface area contributed by atoms with Crippen molar-refractivity contribution in [3.63, 3.8) is 0 Å². The first-order valence-corrected chi connectivity index (χ1v) is 15.5. The molecule has 1 aliphatic heterocycles. The summed E-state index contributed by atoms with van der Waals surface area (Å²) in [6, 6.07) is 8.34. The van der Waals surface area contributed by atoms with Gasteiger partial charge in [0.15, 0.2) is 11.6 Å². The number of alkyl halides is 3. The molecule has 1 saturated heterocycles. The van der Waals surface area contributed by atoms with Gasteiger partial charge in [-0.3, -0.25) is 4.98 Å². The van der Waals surface area contributed by atoms with Crippen molar-refractivity contribution >= 4 is 29.6 Å². The van der Waals surface area contributed by atoms with E-state index < -0.39 is 41.2 Å². The Labute approximate surface area is 277 Å². The van der Waals surface area contributed by atoms with Crippen LogP contribution in [0, 0.1) is 0 Å². The first kappa shape index (κ1) is 35.9. The Morgan fingerprint density at radius 3 is 2.11 bits per heavy atom. The Balaban J connectivity index is 1.83. The second-order valence-electron chi connectivity index (χ2n) is 13.2. The van der Waals surface area contributed by atoms with E-state index in [1.54, 1.807) is 47.7 Å². The summed E-state index contributed by atoms with van der Waals surface area (Å²) in [7, 11) is 0. The Bertz CT molecular complexity index is 1550. The molecule has 0 saturated carbocycles. The normalized spacial score (nSPS) is 16.3. The van der Waals surface area contributed by atoms with Gasteiger partial charge in [-0.05, 0) is 91.6 Å². The van der Waals surface area contributed by atoms with Gasteiger partial charge in [0, 0.05) is 52.3 Å². The lowest BCUT2D eigenvalue weighted by molar-refractivity contribution is -0.138. The molecule has 254 valence electrons. The van der Waals surface area contributed by atoms with Crippen LogP contribution in [0.4, 0.5) is 28.6 Å². The zero-order valence-electron chi connectivity index (χ0n) is 27.4. The minimum absolute atomic E-state index is 0.0641. The van der Waals surface area contributed by atoms with Crippen LogP contribution in [-0.2, 0) is 20.4 Å². The van der Waals surface area contributed by atoms with Crippen molar-refractivity contribution in [2.45, 2.75) is 90.7 Å². The smallest absolute Gasteiger partial charge is 0.425 e. The Kier molecular flexibility index (Phi) is 10.8. The van der Waals surface area contributed by atoms with E-state index >= 15 is 0 Å². The van der Waals surface area contributed by atoms with Gasteiger partial charge < -0.3 is 18.9 Å². The van der Waals surface area contributed by atoms with Crippen LogP contribution in [0.1, 0.15) is 90.2 Å². The number of aromatic nitrogens is 2. The van der Waals surface area contributed by atoms with Gasteiger partial charge >= 0.3 is 18.4 Å². The quantitative estimate of drug-likeness (QED) is 0.254. The summed E-state index contributed by atoms with van der Waals surface area (Å²) in [5, 5.41) is 0.0641. The molecule has 1 aromatic carbocycles. The molecule has 2 amide bonds. The van der Waals surface area contributed by atoms with Crippen molar-refractivity contribution in [3.05, 3.63) is 70.6 Å². The van der Waals surface area contributed by atoms with E-state index in [1.807, 2.05) is 12.1 Å². The molecule has 3 aromatic rings. The van der Waals surface area contributed by atoms with Gasteiger partial charge in [-0.2, -0.15) is 18.1 Å². The SMILES string of the molecule is CC(Oc1cc(-c2ccc(C3CCCOC3)nc2)cnc1N(C(=O)OC(C)(C)C)C(=O)OC(C)(C)C)c1cc(Cl)ccc1C(F)(F)F. The number of halogens is 4. The van der Waals surface area contributed by atoms with Crippen LogP contribution in [0.25, 0.3) is 11.1 Å². The number of hydrogen-bond donors (Lipinski definition) is 0. The molecule has 0 spiro atoms. The van der Waals surface area contributed by atoms with E-state index in [4.69, 9.17) is 30.5 Å². The molecule has 0 radical (unpaired) electrons. The lowest BCUT2D eigenvalue weighted by Crippen LogP contribution is -2.44. The molecule has 2 unspecified atom stereocenters. The van der Waals surface area contributed by atoms with Gasteiger partial charge in [-0.25, -0.2) is 14.6 Å². The zero-order chi connectivity index (χ0) is 34.7. The summed E-state index contributed by atoms with van der Waals surface area (Å²) in [4.78, 5) is 36.6. The molecule has 9 nitrogen and oxygen atoms in total. The second-order valence-corrected chi connectivity index (χ2v) is 13.7. The molecule has 13 heteroatoms. The standard InChI is InChI=1S/C34H39ClF3N3O6/c1-20(25-16-24(35)11-12-26(25)34(36,37)38)45-28-15-23(21-10-13-27(39-17-21)22-9-8-14-44-19-22)18-40-29(28)41(30(42)46-32(2,3)4)31(43)47-33(5,6)7/h10-13,15-18,20,22H,8-9,14,19H2,1-7H3. The Morgan fingerprint density at radius 1 is 0.936 bits per heavy atom. The van der Waals surface area contributed by atoms with Crippen LogP contribution in [0.5, 0.6) is 5.75 Å². The molecule has 2 aromatic heterocycles. The maximum absolute atomic E-state index is 14.0. The van der Waals surface area contributed by atoms with Gasteiger partial charge in [0.2, 0.25) is 0 Å². The Morgan fingerprint density at radius 2 is 1.57 bits per heavy atom. The van der Waals surface area contributed by atoms with Gasteiger partial charge in [0.1, 0.15) is 17.3 Å². The highest BCUT2D eigenvalue weighted by Gasteiger charge is 2.38. The molecular formula is C34H39ClF3N3O6. The molecule has 47 heavy (non-hydrogen) atoms. The lowest BCUT2D eigenvalue weighted by Gasteiger charge is -2.29. The van der Waals surface area contributed by atoms with Gasteiger partial charge in [0.05, 0.1) is 12.2 Å². The topological polar surface area (TPSA) is 100 Å². The van der Waals surface area contributed by atoms with Crippen molar-refractivity contribution in [3.8, 4) is 16.9 Å². The number of rotatable bonds is 6. The van der Waals surface area contributed by atoms with E-state index in [0.717, 1.165) is 43.3 Å². The number of pyridine rings is 2. The van der Waals surface area contributed by atoms with E-state index in [1.165, 1.54) is 19.2 Å². The average Bonchev–Trinajstić information content (AvgIpc) is 2.96. The molecule has 2 atom stereocenters. The third kappa shape index (κ3) is 9.57. The predicted octanol–water partition coefficient (Wildman–Crippen LogP) is 9.53. The van der Waals surface area contributed by atoms with Crippen molar-refractivity contribution in [2.24, 2.45) is 0 Å². The molecule has 0 aliphatic carbocycles. The third-order valence-electron chi connectivity index (χ3n) is 6.96. The number of nitrogens with zero attached hydrogens (tertiary/aromatic N) is 3. The first-order chi connectivity index (χ1) is 21.8. The third-order valence-corrected chi connectivity index (χ3v) is 7.19. The summed E-state index contributed by atoms with van der Waals surface area (Å²) < 4.78 is 64.8. The van der Waals surface area contributed by atoms with Gasteiger partial charge in [0.25, 0.3) is 0 Å². The van der Waals surface area contributed by atoms with Crippen LogP contribution < -0.4 is 9.64 Å². The van der Waals surface area contributed by atoms with Gasteiger partial charge in [-0.1, -0.05) is 17.7 Å². The van der Waals surface area contributed by atoms with Gasteiger partial charge in [-0.15, -0.1) is 0 Å². The summed E-state index contributed by atoms with van der Waals surface area (Å²) in [5.41, 5.74) is -1.32. The van der Waals surface area contributed by atoms with E-state index in [9.17, 15) is 22.8 Å². The maximum Gasteiger partial charge on any atom is 0.425 e. The molecule has 4 rings (SSSR count). The van der Waals surface area contributed by atoms with E-state index in [2.05, 4.69) is 9.97 Å². The molecule has 1 fully saturated rings. The number of amides is 2. The number of carbonyl (C=O) groups excluding carboxylic acids is 2. The largest absolute Gasteiger partial charge is 0.482 e. The molecule has 0 N–H and O–H groups in total. The minimum atomic E-state index is -4.71. The highest BCUT2D eigenvalue weighted by Crippen LogP contribution is 2.40. The van der Waals surface area contributed by atoms with E-state index in [-0.39, 0.29) is 28.1 Å². The van der Waals surface area contributed by atoms with Crippen molar-refractivity contribution in [1.29, 1.82) is 0 Å². The van der Waals surface area contributed by atoms with Crippen LogP contribution in [0.2, 0.25) is 5.02 Å². The fourth-order valence-electron chi connectivity index (χ4n) is 4.89. The second kappa shape index (κ2) is 14.1. The number of imide groups is 1. The zero-order valence-corrected chi connectivity index (χ0v) is 28.2. The Hall–Kier alpha value is -3.90. The summed E-state index contributed by atoms with van der Waals surface area (Å²) in [6.45, 7) is 12.4. The number of anilines is 1. The number of carbonyl (C=O) groups is 2. The van der Waals surface area contributed by atoms with Crippen molar-refractivity contribution in [1.82, 2.24) is 9.97 Å². The van der Waals surface area contributed by atoms with Crippen LogP contribution in [0.3, 0.4) is 0 Å². The van der Waals surface area contributed by atoms with Crippen LogP contribution >= 0.6 is 11.6 Å². The fraction of sp³-hybridized carbons (Fsp3) is 0.471. The minimum Gasteiger partial charge on any atom is -0.482 e. The van der Waals surface area contributed by atoms with Crippen LogP contribution in [0.15, 0.2) is 48.8 Å². The van der Waals surface area contributed by atoms with Crippen molar-refractivity contribution in [2.75, 3.05) is 18.1 Å². The van der Waals surface area contributed by atoms with Crippen LogP contribution in [-0.4, -0.2) is 46.6 Å². The number of ether oxygens (including phenoxy) is 4. The molecule has 1 aliphatic rings. The fourth-order valence-corrected chi connectivity index (χ4v) is 5.07. The molecule has 0 bridgehead atoms. The number of hydrogen-bond acceptors (Lipinski definition) is 8. The van der Waals surface area contributed by atoms with E-state index in [0.29, 0.717) is 22.6 Å². The highest BCUT2D eigenvalue weighted by molar-refractivity contribution is 6.30. The molecular weight excluding hydrogens is 639 g/mol. The summed E-state index contributed by atoms with van der Waals surface area (Å²) in [5.74, 6) is -0.372. The lowest BCUT2D eigenvalue weighted by atomic mass is 9.97. The predicted molar refractivity (Wildman–Crippen MR) is 171 cm³/mol. The van der Waals surface area contributed by atoms with Crippen molar-refractivity contribution < 1.29 is 41.7 Å². The summed E-state index contributed by atoms with van der Waals surface area (Å²) in [6.07, 6.45) is -3.29. The summed E-state index contributed by atoms with van der Waals surface area (Å²) >= 11 is 6.10. The number of benzene rings is 1.